The van der Waals surface area contributed by atoms with Crippen LogP contribution in [0.4, 0.5) is 0 Å². The Labute approximate surface area is 124 Å². The molecule has 0 aromatic heterocycles. The number of methoxy groups -OCH3 is 1. The lowest BCUT2D eigenvalue weighted by Crippen LogP contribution is -2.44. The summed E-state index contributed by atoms with van der Waals surface area (Å²) in [6, 6.07) is 6.83. The topological polar surface area (TPSA) is 75.6 Å². The lowest BCUT2D eigenvalue weighted by molar-refractivity contribution is -0.150. The van der Waals surface area contributed by atoms with E-state index in [1.807, 2.05) is 0 Å². The van der Waals surface area contributed by atoms with Crippen LogP contribution in [0.2, 0.25) is 0 Å². The molecule has 1 saturated carbocycles. The van der Waals surface area contributed by atoms with Crippen LogP contribution in [0.15, 0.2) is 24.3 Å². The minimum Gasteiger partial charge on any atom is -0.497 e. The number of benzene rings is 1. The van der Waals surface area contributed by atoms with Crippen molar-refractivity contribution >= 4 is 11.9 Å². The number of amides is 1. The van der Waals surface area contributed by atoms with Crippen molar-refractivity contribution in [3.8, 4) is 5.75 Å². The molecule has 2 N–H and O–H groups in total. The Bertz CT molecular complexity index is 521. The van der Waals surface area contributed by atoms with E-state index in [-0.39, 0.29) is 12.5 Å². The van der Waals surface area contributed by atoms with Crippen molar-refractivity contribution in [2.24, 2.45) is 5.41 Å². The van der Waals surface area contributed by atoms with Crippen LogP contribution >= 0.6 is 0 Å². The van der Waals surface area contributed by atoms with Crippen molar-refractivity contribution in [3.05, 3.63) is 29.8 Å². The second-order valence-electron chi connectivity index (χ2n) is 5.56. The average molecular weight is 291 g/mol. The monoisotopic (exact) mass is 291 g/mol. The molecule has 1 aliphatic carbocycles. The number of carbonyl (C=O) groups excluding carboxylic acids is 1. The Morgan fingerprint density at radius 2 is 2.00 bits per heavy atom. The van der Waals surface area contributed by atoms with Gasteiger partial charge in [-0.2, -0.15) is 0 Å². The van der Waals surface area contributed by atoms with E-state index in [1.54, 1.807) is 31.4 Å². The molecular formula is C16H21NO4. The van der Waals surface area contributed by atoms with Crippen LogP contribution in [0.1, 0.15) is 42.5 Å². The largest absolute Gasteiger partial charge is 0.497 e. The Kier molecular flexibility index (Phi) is 4.83. The smallest absolute Gasteiger partial charge is 0.311 e. The molecule has 1 amide bonds. The molecule has 1 aromatic rings. The molecule has 114 valence electrons. The quantitative estimate of drug-likeness (QED) is 0.873. The second kappa shape index (κ2) is 6.61. The SMILES string of the molecule is COc1cccc(C(=O)NCC2(C(=O)O)CCCCC2)c1. The van der Waals surface area contributed by atoms with E-state index in [9.17, 15) is 14.7 Å². The maximum absolute atomic E-state index is 12.2. The Morgan fingerprint density at radius 1 is 1.29 bits per heavy atom. The Morgan fingerprint density at radius 3 is 2.62 bits per heavy atom. The van der Waals surface area contributed by atoms with Gasteiger partial charge < -0.3 is 15.2 Å². The molecule has 1 fully saturated rings. The first-order valence-electron chi connectivity index (χ1n) is 7.23. The van der Waals surface area contributed by atoms with Gasteiger partial charge in [-0.05, 0) is 31.0 Å². The van der Waals surface area contributed by atoms with E-state index in [0.717, 1.165) is 19.3 Å². The van der Waals surface area contributed by atoms with Gasteiger partial charge in [-0.25, -0.2) is 0 Å². The van der Waals surface area contributed by atoms with E-state index in [4.69, 9.17) is 4.74 Å². The highest BCUT2D eigenvalue weighted by Crippen LogP contribution is 2.36. The van der Waals surface area contributed by atoms with E-state index in [1.165, 1.54) is 0 Å². The molecule has 0 aliphatic heterocycles. The summed E-state index contributed by atoms with van der Waals surface area (Å²) in [7, 11) is 1.54. The molecule has 0 unspecified atom stereocenters. The van der Waals surface area contributed by atoms with Gasteiger partial charge >= 0.3 is 5.97 Å². The fourth-order valence-corrected chi connectivity index (χ4v) is 2.81. The molecule has 5 nitrogen and oxygen atoms in total. The standard InChI is InChI=1S/C16H21NO4/c1-21-13-7-5-6-12(10-13)14(18)17-11-16(15(19)20)8-3-2-4-9-16/h5-7,10H,2-4,8-9,11H2,1H3,(H,17,18)(H,19,20). The molecule has 0 saturated heterocycles. The van der Waals surface area contributed by atoms with Gasteiger partial charge in [0.25, 0.3) is 5.91 Å². The van der Waals surface area contributed by atoms with Crippen LogP contribution in [0.25, 0.3) is 0 Å². The van der Waals surface area contributed by atoms with Gasteiger partial charge in [-0.3, -0.25) is 9.59 Å². The van der Waals surface area contributed by atoms with Crippen LogP contribution in [0.5, 0.6) is 5.75 Å². The van der Waals surface area contributed by atoms with Crippen LogP contribution in [0, 0.1) is 5.41 Å². The first-order chi connectivity index (χ1) is 10.1. The minimum atomic E-state index is -0.813. The third kappa shape index (κ3) is 3.54. The van der Waals surface area contributed by atoms with Gasteiger partial charge in [-0.15, -0.1) is 0 Å². The minimum absolute atomic E-state index is 0.179. The predicted octanol–water partition coefficient (Wildman–Crippen LogP) is 2.46. The zero-order chi connectivity index (χ0) is 15.3. The molecular weight excluding hydrogens is 270 g/mol. The number of carboxylic acids is 1. The number of hydrogen-bond donors (Lipinski definition) is 2. The van der Waals surface area contributed by atoms with E-state index in [0.29, 0.717) is 24.2 Å². The molecule has 5 heteroatoms. The van der Waals surface area contributed by atoms with Crippen LogP contribution in [-0.4, -0.2) is 30.6 Å². The third-order valence-corrected chi connectivity index (χ3v) is 4.18. The van der Waals surface area contributed by atoms with Crippen molar-refractivity contribution in [1.29, 1.82) is 0 Å². The molecule has 21 heavy (non-hydrogen) atoms. The molecule has 1 aromatic carbocycles. The first-order valence-corrected chi connectivity index (χ1v) is 7.23. The number of ether oxygens (including phenoxy) is 1. The second-order valence-corrected chi connectivity index (χ2v) is 5.56. The van der Waals surface area contributed by atoms with Gasteiger partial charge in [0, 0.05) is 12.1 Å². The zero-order valence-electron chi connectivity index (χ0n) is 12.2. The zero-order valence-corrected chi connectivity index (χ0v) is 12.2. The molecule has 1 aliphatic rings. The first kappa shape index (κ1) is 15.4. The Balaban J connectivity index is 2.03. The highest BCUT2D eigenvalue weighted by atomic mass is 16.5. The summed E-state index contributed by atoms with van der Waals surface area (Å²) < 4.78 is 5.08. The number of carbonyl (C=O) groups is 2. The summed E-state index contributed by atoms with van der Waals surface area (Å²) in [5, 5.41) is 12.2. The number of nitrogens with one attached hydrogen (secondary N) is 1. The van der Waals surface area contributed by atoms with E-state index in [2.05, 4.69) is 5.32 Å². The van der Waals surface area contributed by atoms with Gasteiger partial charge in [0.1, 0.15) is 5.75 Å². The van der Waals surface area contributed by atoms with Gasteiger partial charge in [0.2, 0.25) is 0 Å². The van der Waals surface area contributed by atoms with E-state index < -0.39 is 11.4 Å². The van der Waals surface area contributed by atoms with Crippen molar-refractivity contribution in [2.75, 3.05) is 13.7 Å². The van der Waals surface area contributed by atoms with Crippen LogP contribution in [0.3, 0.4) is 0 Å². The van der Waals surface area contributed by atoms with Gasteiger partial charge in [0.05, 0.1) is 12.5 Å². The van der Waals surface area contributed by atoms with Crippen molar-refractivity contribution in [1.82, 2.24) is 5.32 Å². The number of carboxylic acid groups (broad SMARTS) is 1. The molecule has 2 rings (SSSR count). The highest BCUT2D eigenvalue weighted by molar-refractivity contribution is 5.94. The Hall–Kier alpha value is -2.04. The maximum Gasteiger partial charge on any atom is 0.311 e. The predicted molar refractivity (Wildman–Crippen MR) is 78.5 cm³/mol. The van der Waals surface area contributed by atoms with Gasteiger partial charge in [0.15, 0.2) is 0 Å². The molecule has 0 heterocycles. The summed E-state index contributed by atoms with van der Waals surface area (Å²) in [6.45, 7) is 0.179. The summed E-state index contributed by atoms with van der Waals surface area (Å²) in [5.41, 5.74) is -0.335. The maximum atomic E-state index is 12.2. The van der Waals surface area contributed by atoms with Crippen molar-refractivity contribution in [3.63, 3.8) is 0 Å². The summed E-state index contributed by atoms with van der Waals surface area (Å²) in [5.74, 6) is -0.471. The third-order valence-electron chi connectivity index (χ3n) is 4.18. The summed E-state index contributed by atoms with van der Waals surface area (Å²) >= 11 is 0. The summed E-state index contributed by atoms with van der Waals surface area (Å²) in [4.78, 5) is 23.7. The number of aliphatic carboxylic acids is 1. The normalized spacial score (nSPS) is 17.0. The number of rotatable bonds is 5. The van der Waals surface area contributed by atoms with Crippen LogP contribution in [-0.2, 0) is 4.79 Å². The molecule has 0 atom stereocenters. The van der Waals surface area contributed by atoms with Gasteiger partial charge in [-0.1, -0.05) is 25.3 Å². The lowest BCUT2D eigenvalue weighted by Gasteiger charge is -2.33. The van der Waals surface area contributed by atoms with Crippen LogP contribution < -0.4 is 10.1 Å². The van der Waals surface area contributed by atoms with Crippen molar-refractivity contribution in [2.45, 2.75) is 32.1 Å². The fourth-order valence-electron chi connectivity index (χ4n) is 2.81. The molecule has 0 bridgehead atoms. The number of hydrogen-bond acceptors (Lipinski definition) is 3. The molecule has 0 radical (unpaired) electrons. The van der Waals surface area contributed by atoms with Crippen molar-refractivity contribution < 1.29 is 19.4 Å². The fraction of sp³-hybridized carbons (Fsp3) is 0.500. The average Bonchev–Trinajstić information content (AvgIpc) is 2.53. The summed E-state index contributed by atoms with van der Waals surface area (Å²) in [6.07, 6.45) is 4.13. The van der Waals surface area contributed by atoms with E-state index >= 15 is 0 Å². The molecule has 0 spiro atoms. The highest BCUT2D eigenvalue weighted by Gasteiger charge is 2.39. The lowest BCUT2D eigenvalue weighted by atomic mass is 9.74.